The van der Waals surface area contributed by atoms with Gasteiger partial charge in [0, 0.05) is 18.8 Å². The summed E-state index contributed by atoms with van der Waals surface area (Å²) in [5, 5.41) is 12.6. The predicted molar refractivity (Wildman–Crippen MR) is 76.5 cm³/mol. The van der Waals surface area contributed by atoms with Crippen LogP contribution in [0.3, 0.4) is 0 Å². The van der Waals surface area contributed by atoms with Crippen molar-refractivity contribution in [1.29, 1.82) is 0 Å². The van der Waals surface area contributed by atoms with Gasteiger partial charge in [0.15, 0.2) is 0 Å². The maximum absolute atomic E-state index is 12.6. The molecule has 4 heteroatoms. The van der Waals surface area contributed by atoms with Gasteiger partial charge in [-0.3, -0.25) is 4.79 Å². The van der Waals surface area contributed by atoms with Crippen molar-refractivity contribution in [3.8, 4) is 0 Å². The summed E-state index contributed by atoms with van der Waals surface area (Å²) in [4.78, 5) is 14.4. The molecule has 1 aliphatic rings. The highest BCUT2D eigenvalue weighted by Crippen LogP contribution is 2.24. The SMILES string of the molecule is CCNc1ccc(C)cc1C(=O)N1CCCC1CO. The Labute approximate surface area is 114 Å². The highest BCUT2D eigenvalue weighted by Gasteiger charge is 2.29. The smallest absolute Gasteiger partial charge is 0.256 e. The molecule has 1 aromatic carbocycles. The number of carbonyl (C=O) groups is 1. The number of nitrogens with zero attached hydrogens (tertiary/aromatic N) is 1. The summed E-state index contributed by atoms with van der Waals surface area (Å²) in [6.45, 7) is 5.57. The van der Waals surface area contributed by atoms with Crippen LogP contribution >= 0.6 is 0 Å². The Bertz CT molecular complexity index is 459. The summed E-state index contributed by atoms with van der Waals surface area (Å²) in [7, 11) is 0. The Kier molecular flexibility index (Phi) is 4.43. The number of likely N-dealkylation sites (tertiary alicyclic amines) is 1. The molecule has 104 valence electrons. The molecule has 1 heterocycles. The van der Waals surface area contributed by atoms with E-state index < -0.39 is 0 Å². The number of hydrogen-bond donors (Lipinski definition) is 2. The van der Waals surface area contributed by atoms with E-state index >= 15 is 0 Å². The largest absolute Gasteiger partial charge is 0.394 e. The maximum Gasteiger partial charge on any atom is 0.256 e. The van der Waals surface area contributed by atoms with E-state index in [-0.39, 0.29) is 18.6 Å². The molecule has 0 aromatic heterocycles. The minimum atomic E-state index is -0.0255. The maximum atomic E-state index is 12.6. The summed E-state index contributed by atoms with van der Waals surface area (Å²) in [5.41, 5.74) is 2.66. The van der Waals surface area contributed by atoms with Gasteiger partial charge < -0.3 is 15.3 Å². The van der Waals surface area contributed by atoms with Crippen LogP contribution in [0.15, 0.2) is 18.2 Å². The van der Waals surface area contributed by atoms with Gasteiger partial charge in [0.1, 0.15) is 0 Å². The molecular formula is C15H22N2O2. The first-order valence-electron chi connectivity index (χ1n) is 6.93. The van der Waals surface area contributed by atoms with Gasteiger partial charge in [-0.15, -0.1) is 0 Å². The second kappa shape index (κ2) is 6.06. The fourth-order valence-corrected chi connectivity index (χ4v) is 2.63. The fourth-order valence-electron chi connectivity index (χ4n) is 2.63. The van der Waals surface area contributed by atoms with Gasteiger partial charge in [-0.25, -0.2) is 0 Å². The Morgan fingerprint density at radius 3 is 3.00 bits per heavy atom. The van der Waals surface area contributed by atoms with Gasteiger partial charge in [-0.1, -0.05) is 11.6 Å². The number of anilines is 1. The van der Waals surface area contributed by atoms with Gasteiger partial charge in [0.05, 0.1) is 18.2 Å². The molecule has 1 amide bonds. The number of nitrogens with one attached hydrogen (secondary N) is 1. The predicted octanol–water partition coefficient (Wildman–Crippen LogP) is 2.02. The molecule has 1 saturated heterocycles. The number of carbonyl (C=O) groups excluding carboxylic acids is 1. The number of hydrogen-bond acceptors (Lipinski definition) is 3. The Morgan fingerprint density at radius 1 is 1.53 bits per heavy atom. The average molecular weight is 262 g/mol. The van der Waals surface area contributed by atoms with Crippen LogP contribution in [-0.4, -0.2) is 41.7 Å². The molecule has 0 spiro atoms. The molecule has 0 radical (unpaired) electrons. The zero-order valence-corrected chi connectivity index (χ0v) is 11.6. The molecule has 1 atom stereocenters. The van der Waals surface area contributed by atoms with Crippen molar-refractivity contribution in [1.82, 2.24) is 4.90 Å². The van der Waals surface area contributed by atoms with Crippen molar-refractivity contribution in [2.45, 2.75) is 32.7 Å². The number of benzene rings is 1. The molecule has 1 unspecified atom stereocenters. The third-order valence-electron chi connectivity index (χ3n) is 3.62. The van der Waals surface area contributed by atoms with E-state index in [0.29, 0.717) is 5.56 Å². The van der Waals surface area contributed by atoms with Crippen molar-refractivity contribution in [2.24, 2.45) is 0 Å². The van der Waals surface area contributed by atoms with E-state index in [4.69, 9.17) is 0 Å². The van der Waals surface area contributed by atoms with Crippen LogP contribution in [0, 0.1) is 6.92 Å². The first-order chi connectivity index (χ1) is 9.17. The number of rotatable bonds is 4. The lowest BCUT2D eigenvalue weighted by molar-refractivity contribution is 0.0678. The molecule has 1 fully saturated rings. The number of aryl methyl sites for hydroxylation is 1. The first kappa shape index (κ1) is 13.9. The summed E-state index contributed by atoms with van der Waals surface area (Å²) < 4.78 is 0. The molecular weight excluding hydrogens is 240 g/mol. The Hall–Kier alpha value is -1.55. The normalized spacial score (nSPS) is 18.7. The minimum Gasteiger partial charge on any atom is -0.394 e. The monoisotopic (exact) mass is 262 g/mol. The lowest BCUT2D eigenvalue weighted by Gasteiger charge is -2.24. The van der Waals surface area contributed by atoms with Crippen molar-refractivity contribution in [2.75, 3.05) is 25.0 Å². The van der Waals surface area contributed by atoms with Gasteiger partial charge in [0.2, 0.25) is 0 Å². The van der Waals surface area contributed by atoms with E-state index in [0.717, 1.165) is 37.2 Å². The molecule has 0 bridgehead atoms. The average Bonchev–Trinajstić information content (AvgIpc) is 2.88. The first-order valence-corrected chi connectivity index (χ1v) is 6.93. The minimum absolute atomic E-state index is 0.0243. The van der Waals surface area contributed by atoms with Crippen molar-refractivity contribution in [3.05, 3.63) is 29.3 Å². The van der Waals surface area contributed by atoms with Crippen LogP contribution in [0.5, 0.6) is 0 Å². The molecule has 0 saturated carbocycles. The lowest BCUT2D eigenvalue weighted by Crippen LogP contribution is -2.38. The molecule has 1 aliphatic heterocycles. The van der Waals surface area contributed by atoms with E-state index in [2.05, 4.69) is 5.32 Å². The molecule has 2 N–H and O–H groups in total. The zero-order chi connectivity index (χ0) is 13.8. The second-order valence-corrected chi connectivity index (χ2v) is 5.06. The molecule has 19 heavy (non-hydrogen) atoms. The van der Waals surface area contributed by atoms with Crippen LogP contribution in [-0.2, 0) is 0 Å². The highest BCUT2D eigenvalue weighted by atomic mass is 16.3. The fraction of sp³-hybridized carbons (Fsp3) is 0.533. The number of aliphatic hydroxyl groups is 1. The van der Waals surface area contributed by atoms with Crippen LogP contribution in [0.2, 0.25) is 0 Å². The van der Waals surface area contributed by atoms with Crippen molar-refractivity contribution < 1.29 is 9.90 Å². The summed E-state index contributed by atoms with van der Waals surface area (Å²) >= 11 is 0. The Balaban J connectivity index is 2.29. The van der Waals surface area contributed by atoms with Gasteiger partial charge >= 0.3 is 0 Å². The zero-order valence-electron chi connectivity index (χ0n) is 11.6. The van der Waals surface area contributed by atoms with Crippen molar-refractivity contribution in [3.63, 3.8) is 0 Å². The topological polar surface area (TPSA) is 52.6 Å². The molecule has 4 nitrogen and oxygen atoms in total. The highest BCUT2D eigenvalue weighted by molar-refractivity contribution is 6.00. The van der Waals surface area contributed by atoms with Gasteiger partial charge in [-0.05, 0) is 38.8 Å². The Morgan fingerprint density at radius 2 is 2.32 bits per heavy atom. The standard InChI is InChI=1S/C15H22N2O2/c1-3-16-14-7-6-11(2)9-13(14)15(19)17-8-4-5-12(17)10-18/h6-7,9,12,16,18H,3-5,8,10H2,1-2H3. The van der Waals surface area contributed by atoms with Crippen LogP contribution in [0.25, 0.3) is 0 Å². The number of aliphatic hydroxyl groups excluding tert-OH is 1. The third-order valence-corrected chi connectivity index (χ3v) is 3.62. The second-order valence-electron chi connectivity index (χ2n) is 5.06. The molecule has 0 aliphatic carbocycles. The van der Waals surface area contributed by atoms with Crippen LogP contribution < -0.4 is 5.32 Å². The van der Waals surface area contributed by atoms with Crippen molar-refractivity contribution >= 4 is 11.6 Å². The summed E-state index contributed by atoms with van der Waals surface area (Å²) in [6, 6.07) is 5.85. The van der Waals surface area contributed by atoms with Crippen LogP contribution in [0.4, 0.5) is 5.69 Å². The molecule has 2 rings (SSSR count). The van der Waals surface area contributed by atoms with Crippen LogP contribution in [0.1, 0.15) is 35.7 Å². The third kappa shape index (κ3) is 2.89. The van der Waals surface area contributed by atoms with E-state index in [1.165, 1.54) is 0 Å². The molecule has 1 aromatic rings. The van der Waals surface area contributed by atoms with E-state index in [1.54, 1.807) is 4.90 Å². The van der Waals surface area contributed by atoms with E-state index in [9.17, 15) is 9.90 Å². The van der Waals surface area contributed by atoms with Gasteiger partial charge in [-0.2, -0.15) is 0 Å². The summed E-state index contributed by atoms with van der Waals surface area (Å²) in [6.07, 6.45) is 1.86. The quantitative estimate of drug-likeness (QED) is 0.873. The number of amides is 1. The summed E-state index contributed by atoms with van der Waals surface area (Å²) in [5.74, 6) is 0.0243. The lowest BCUT2D eigenvalue weighted by atomic mass is 10.1. The van der Waals surface area contributed by atoms with E-state index in [1.807, 2.05) is 32.0 Å². The van der Waals surface area contributed by atoms with Gasteiger partial charge in [0.25, 0.3) is 5.91 Å².